The van der Waals surface area contributed by atoms with Crippen LogP contribution >= 0.6 is 0 Å². The number of aliphatic carboxylic acids is 1. The number of carboxylic acid groups (broad SMARTS) is 1. The van der Waals surface area contributed by atoms with E-state index in [2.05, 4.69) is 19.3 Å². The number of ether oxygens (including phenoxy) is 2. The van der Waals surface area contributed by atoms with Gasteiger partial charge in [-0.05, 0) is 31.3 Å². The lowest BCUT2D eigenvalue weighted by molar-refractivity contribution is -0.164. The van der Waals surface area contributed by atoms with Gasteiger partial charge in [-0.15, -0.1) is 0 Å². The summed E-state index contributed by atoms with van der Waals surface area (Å²) in [6.45, 7) is 5.82. The Morgan fingerprint density at radius 1 is 1.60 bits per heavy atom. The second kappa shape index (κ2) is 7.06. The van der Waals surface area contributed by atoms with Gasteiger partial charge in [-0.2, -0.15) is 0 Å². The van der Waals surface area contributed by atoms with Gasteiger partial charge < -0.3 is 14.6 Å². The van der Waals surface area contributed by atoms with Crippen molar-refractivity contribution in [2.45, 2.75) is 45.4 Å². The van der Waals surface area contributed by atoms with Gasteiger partial charge in [0.15, 0.2) is 6.29 Å². The van der Waals surface area contributed by atoms with E-state index in [4.69, 9.17) is 9.47 Å². The third-order valence-electron chi connectivity index (χ3n) is 3.63. The maximum Gasteiger partial charge on any atom is 0.353 e. The van der Waals surface area contributed by atoms with E-state index in [1.807, 2.05) is 0 Å². The SMILES string of the molecule is CC(C)C1C=C(C(=O)O)N(CCOC2CCCCO2)N1. The van der Waals surface area contributed by atoms with Crippen LogP contribution in [-0.4, -0.2) is 48.2 Å². The minimum atomic E-state index is -0.908. The molecular formula is C14H24N2O4. The molecule has 2 atom stereocenters. The van der Waals surface area contributed by atoms with E-state index in [1.165, 1.54) is 0 Å². The molecule has 0 aromatic carbocycles. The molecule has 0 aromatic rings. The van der Waals surface area contributed by atoms with E-state index < -0.39 is 5.97 Å². The topological polar surface area (TPSA) is 71.0 Å². The van der Waals surface area contributed by atoms with Crippen LogP contribution < -0.4 is 5.43 Å². The first kappa shape index (κ1) is 15.3. The summed E-state index contributed by atoms with van der Waals surface area (Å²) in [5, 5.41) is 10.9. The van der Waals surface area contributed by atoms with E-state index >= 15 is 0 Å². The van der Waals surface area contributed by atoms with E-state index in [1.54, 1.807) is 11.1 Å². The van der Waals surface area contributed by atoms with Gasteiger partial charge in [0.2, 0.25) is 0 Å². The molecule has 0 aliphatic carbocycles. The van der Waals surface area contributed by atoms with E-state index in [-0.39, 0.29) is 12.3 Å². The fourth-order valence-corrected chi connectivity index (χ4v) is 2.38. The highest BCUT2D eigenvalue weighted by Crippen LogP contribution is 2.18. The zero-order valence-electron chi connectivity index (χ0n) is 12.2. The van der Waals surface area contributed by atoms with Gasteiger partial charge in [0.1, 0.15) is 5.70 Å². The van der Waals surface area contributed by atoms with Crippen LogP contribution in [0.2, 0.25) is 0 Å². The summed E-state index contributed by atoms with van der Waals surface area (Å²) in [5.74, 6) is -0.563. The molecule has 20 heavy (non-hydrogen) atoms. The van der Waals surface area contributed by atoms with Crippen molar-refractivity contribution in [3.63, 3.8) is 0 Å². The number of carbonyl (C=O) groups is 1. The minimum absolute atomic E-state index is 0.0621. The predicted molar refractivity (Wildman–Crippen MR) is 73.7 cm³/mol. The van der Waals surface area contributed by atoms with Crippen molar-refractivity contribution in [3.8, 4) is 0 Å². The first-order valence-electron chi connectivity index (χ1n) is 7.30. The van der Waals surface area contributed by atoms with Crippen molar-refractivity contribution in [2.75, 3.05) is 19.8 Å². The van der Waals surface area contributed by atoms with Gasteiger partial charge in [0.25, 0.3) is 0 Å². The average molecular weight is 284 g/mol. The van der Waals surface area contributed by atoms with Crippen LogP contribution in [-0.2, 0) is 14.3 Å². The highest BCUT2D eigenvalue weighted by molar-refractivity contribution is 5.86. The van der Waals surface area contributed by atoms with Crippen LogP contribution in [0.5, 0.6) is 0 Å². The molecule has 0 spiro atoms. The lowest BCUT2D eigenvalue weighted by atomic mass is 10.1. The van der Waals surface area contributed by atoms with E-state index in [0.717, 1.165) is 25.9 Å². The van der Waals surface area contributed by atoms with Crippen LogP contribution in [0.15, 0.2) is 11.8 Å². The zero-order chi connectivity index (χ0) is 14.5. The van der Waals surface area contributed by atoms with Crippen LogP contribution in [0.25, 0.3) is 0 Å². The fourth-order valence-electron chi connectivity index (χ4n) is 2.38. The second-order valence-corrected chi connectivity index (χ2v) is 5.57. The molecule has 2 heterocycles. The van der Waals surface area contributed by atoms with Crippen LogP contribution in [0, 0.1) is 5.92 Å². The Morgan fingerprint density at radius 2 is 2.40 bits per heavy atom. The quantitative estimate of drug-likeness (QED) is 0.767. The van der Waals surface area contributed by atoms with Crippen molar-refractivity contribution in [1.82, 2.24) is 10.4 Å². The van der Waals surface area contributed by atoms with E-state index in [0.29, 0.717) is 24.8 Å². The van der Waals surface area contributed by atoms with Crippen molar-refractivity contribution in [1.29, 1.82) is 0 Å². The van der Waals surface area contributed by atoms with Crippen molar-refractivity contribution in [2.24, 2.45) is 5.92 Å². The largest absolute Gasteiger partial charge is 0.477 e. The first-order valence-corrected chi connectivity index (χ1v) is 7.30. The van der Waals surface area contributed by atoms with Gasteiger partial charge in [-0.3, -0.25) is 5.01 Å². The highest BCUT2D eigenvalue weighted by Gasteiger charge is 2.28. The molecule has 1 saturated heterocycles. The smallest absolute Gasteiger partial charge is 0.353 e. The molecule has 0 aromatic heterocycles. The summed E-state index contributed by atoms with van der Waals surface area (Å²) in [4.78, 5) is 11.2. The number of hydrogen-bond acceptors (Lipinski definition) is 5. The van der Waals surface area contributed by atoms with Crippen molar-refractivity contribution >= 4 is 5.97 Å². The Balaban J connectivity index is 1.79. The van der Waals surface area contributed by atoms with Crippen LogP contribution in [0.4, 0.5) is 0 Å². The Kier molecular flexibility index (Phi) is 5.39. The number of nitrogens with zero attached hydrogens (tertiary/aromatic N) is 1. The van der Waals surface area contributed by atoms with Crippen LogP contribution in [0.1, 0.15) is 33.1 Å². The summed E-state index contributed by atoms with van der Waals surface area (Å²) in [6.07, 6.45) is 4.77. The fraction of sp³-hybridized carbons (Fsp3) is 0.786. The van der Waals surface area contributed by atoms with E-state index in [9.17, 15) is 9.90 Å². The molecule has 2 N–H and O–H groups in total. The molecule has 2 unspecified atom stereocenters. The summed E-state index contributed by atoms with van der Waals surface area (Å²) in [7, 11) is 0. The Hall–Kier alpha value is -1.11. The number of hydrazine groups is 1. The Bertz CT molecular complexity index is 364. The molecule has 6 heteroatoms. The second-order valence-electron chi connectivity index (χ2n) is 5.57. The third kappa shape index (κ3) is 3.94. The lowest BCUT2D eigenvalue weighted by Crippen LogP contribution is -2.42. The summed E-state index contributed by atoms with van der Waals surface area (Å²) < 4.78 is 11.1. The van der Waals surface area contributed by atoms with Crippen LogP contribution in [0.3, 0.4) is 0 Å². The van der Waals surface area contributed by atoms with Gasteiger partial charge in [-0.1, -0.05) is 13.8 Å². The van der Waals surface area contributed by atoms with Crippen molar-refractivity contribution in [3.05, 3.63) is 11.8 Å². The maximum absolute atomic E-state index is 11.2. The highest BCUT2D eigenvalue weighted by atomic mass is 16.7. The van der Waals surface area contributed by atoms with Gasteiger partial charge in [-0.25, -0.2) is 10.2 Å². The summed E-state index contributed by atoms with van der Waals surface area (Å²) in [6, 6.07) is 0.0621. The lowest BCUT2D eigenvalue weighted by Gasteiger charge is -2.26. The molecule has 114 valence electrons. The van der Waals surface area contributed by atoms with Gasteiger partial charge in [0.05, 0.1) is 13.2 Å². The molecule has 0 amide bonds. The van der Waals surface area contributed by atoms with Gasteiger partial charge in [0, 0.05) is 12.6 Å². The summed E-state index contributed by atoms with van der Waals surface area (Å²) in [5.41, 5.74) is 3.50. The monoisotopic (exact) mass is 284 g/mol. The third-order valence-corrected chi connectivity index (χ3v) is 3.63. The Labute approximate surface area is 119 Å². The number of carboxylic acids is 1. The molecule has 0 saturated carbocycles. The summed E-state index contributed by atoms with van der Waals surface area (Å²) >= 11 is 0. The molecule has 0 bridgehead atoms. The standard InChI is InChI=1S/C14H24N2O4/c1-10(2)11-9-12(14(17)18)16(15-11)6-8-20-13-5-3-4-7-19-13/h9-11,13,15H,3-8H2,1-2H3,(H,17,18). The van der Waals surface area contributed by atoms with Crippen molar-refractivity contribution < 1.29 is 19.4 Å². The molecule has 2 rings (SSSR count). The maximum atomic E-state index is 11.2. The minimum Gasteiger partial charge on any atom is -0.477 e. The molecule has 1 fully saturated rings. The number of hydrogen-bond donors (Lipinski definition) is 2. The number of nitrogens with one attached hydrogen (secondary N) is 1. The molecular weight excluding hydrogens is 260 g/mol. The zero-order valence-corrected chi connectivity index (χ0v) is 12.2. The van der Waals surface area contributed by atoms with Gasteiger partial charge >= 0.3 is 5.97 Å². The Morgan fingerprint density at radius 3 is 3.00 bits per heavy atom. The average Bonchev–Trinajstić information content (AvgIpc) is 2.84. The molecule has 6 nitrogen and oxygen atoms in total. The first-order chi connectivity index (χ1) is 9.58. The predicted octanol–water partition coefficient (Wildman–Crippen LogP) is 1.34. The molecule has 2 aliphatic rings. The number of rotatable bonds is 6. The normalized spacial score (nSPS) is 26.9. The molecule has 2 aliphatic heterocycles. The molecule has 0 radical (unpaired) electrons.